The first-order valence-electron chi connectivity index (χ1n) is 7.92. The van der Waals surface area contributed by atoms with Gasteiger partial charge in [-0.05, 0) is 23.6 Å². The maximum absolute atomic E-state index is 11.9. The van der Waals surface area contributed by atoms with Gasteiger partial charge in [-0.2, -0.15) is 0 Å². The fourth-order valence-electron chi connectivity index (χ4n) is 2.30. The fraction of sp³-hybridized carbons (Fsp3) is 0.500. The first-order valence-corrected chi connectivity index (χ1v) is 7.92. The van der Waals surface area contributed by atoms with Crippen LogP contribution in [0.4, 0.5) is 10.5 Å². The summed E-state index contributed by atoms with van der Waals surface area (Å²) in [7, 11) is 0. The number of hydrogen-bond acceptors (Lipinski definition) is 4. The zero-order valence-electron chi connectivity index (χ0n) is 13.8. The third-order valence-electron chi connectivity index (χ3n) is 3.57. The van der Waals surface area contributed by atoms with Crippen LogP contribution in [0.25, 0.3) is 0 Å². The van der Waals surface area contributed by atoms with Gasteiger partial charge in [0.05, 0.1) is 26.4 Å². The molecule has 0 spiro atoms. The Morgan fingerprint density at radius 3 is 2.57 bits per heavy atom. The molecule has 0 aliphatic carbocycles. The van der Waals surface area contributed by atoms with Crippen molar-refractivity contribution in [3.8, 4) is 12.5 Å². The average Bonchev–Trinajstić information content (AvgIpc) is 2.59. The molecule has 0 aromatic heterocycles. The van der Waals surface area contributed by atoms with Crippen molar-refractivity contribution < 1.29 is 14.3 Å². The number of nitrogens with zero attached hydrogens (tertiary/aromatic N) is 2. The number of morpholine rings is 1. The van der Waals surface area contributed by atoms with E-state index < -0.39 is 6.09 Å². The normalized spacial score (nSPS) is 14.4. The Kier molecular flexibility index (Phi) is 6.30. The Morgan fingerprint density at radius 2 is 2.00 bits per heavy atom. The molecule has 0 bridgehead atoms. The smallest absolute Gasteiger partial charge is 0.421 e. The van der Waals surface area contributed by atoms with Crippen molar-refractivity contribution in [2.75, 3.05) is 37.8 Å². The highest BCUT2D eigenvalue weighted by Gasteiger charge is 2.15. The molecule has 1 heterocycles. The van der Waals surface area contributed by atoms with E-state index in [4.69, 9.17) is 15.9 Å². The molecule has 1 saturated heterocycles. The molecule has 5 nitrogen and oxygen atoms in total. The van der Waals surface area contributed by atoms with Gasteiger partial charge in [0.2, 0.25) is 0 Å². The fourth-order valence-corrected chi connectivity index (χ4v) is 2.30. The highest BCUT2D eigenvalue weighted by Crippen LogP contribution is 2.17. The van der Waals surface area contributed by atoms with E-state index in [1.165, 1.54) is 4.90 Å². The third-order valence-corrected chi connectivity index (χ3v) is 3.57. The molecule has 1 aliphatic heterocycles. The molecule has 5 heteroatoms. The quantitative estimate of drug-likeness (QED) is 0.619. The minimum Gasteiger partial charge on any atom is -0.448 e. The van der Waals surface area contributed by atoms with Gasteiger partial charge in [-0.15, -0.1) is 0 Å². The third kappa shape index (κ3) is 5.19. The molecule has 2 rings (SSSR count). The van der Waals surface area contributed by atoms with Crippen molar-refractivity contribution in [3.05, 3.63) is 29.8 Å². The first kappa shape index (κ1) is 17.2. The lowest BCUT2D eigenvalue weighted by Crippen LogP contribution is -2.36. The second-order valence-corrected chi connectivity index (χ2v) is 5.95. The maximum Gasteiger partial charge on any atom is 0.421 e. The number of hydrogen-bond donors (Lipinski definition) is 0. The summed E-state index contributed by atoms with van der Waals surface area (Å²) in [5.41, 5.74) is 2.13. The van der Waals surface area contributed by atoms with E-state index in [0.717, 1.165) is 37.6 Å². The maximum atomic E-state index is 11.9. The minimum atomic E-state index is -0.474. The molecule has 1 fully saturated rings. The lowest BCUT2D eigenvalue weighted by Gasteiger charge is -2.29. The number of rotatable bonds is 5. The molecule has 1 aromatic carbocycles. The molecule has 0 radical (unpaired) electrons. The number of ether oxygens (including phenoxy) is 2. The van der Waals surface area contributed by atoms with Crippen molar-refractivity contribution in [1.82, 2.24) is 4.90 Å². The summed E-state index contributed by atoms with van der Waals surface area (Å²) >= 11 is 0. The summed E-state index contributed by atoms with van der Waals surface area (Å²) in [6.45, 7) is 8.00. The van der Waals surface area contributed by atoms with Crippen molar-refractivity contribution in [2.24, 2.45) is 5.92 Å². The topological polar surface area (TPSA) is 42.0 Å². The molecule has 1 aromatic rings. The van der Waals surface area contributed by atoms with Gasteiger partial charge in [0.25, 0.3) is 0 Å². The van der Waals surface area contributed by atoms with Crippen LogP contribution in [-0.4, -0.2) is 43.9 Å². The van der Waals surface area contributed by atoms with E-state index in [9.17, 15) is 4.79 Å². The van der Waals surface area contributed by atoms with Crippen molar-refractivity contribution in [3.63, 3.8) is 0 Å². The second kappa shape index (κ2) is 8.44. The van der Waals surface area contributed by atoms with E-state index in [0.29, 0.717) is 13.2 Å². The van der Waals surface area contributed by atoms with Gasteiger partial charge in [0, 0.05) is 24.8 Å². The predicted octanol–water partition coefficient (Wildman–Crippen LogP) is 2.71. The van der Waals surface area contributed by atoms with Crippen LogP contribution in [-0.2, 0) is 16.0 Å². The van der Waals surface area contributed by atoms with E-state index >= 15 is 0 Å². The van der Waals surface area contributed by atoms with Gasteiger partial charge in [-0.1, -0.05) is 32.4 Å². The molecule has 0 atom stereocenters. The van der Waals surface area contributed by atoms with Crippen LogP contribution >= 0.6 is 0 Å². The zero-order chi connectivity index (χ0) is 16.7. The van der Waals surface area contributed by atoms with Crippen LogP contribution in [0.15, 0.2) is 24.3 Å². The summed E-state index contributed by atoms with van der Waals surface area (Å²) in [4.78, 5) is 15.5. The van der Waals surface area contributed by atoms with Gasteiger partial charge in [-0.25, -0.2) is 9.69 Å². The van der Waals surface area contributed by atoms with Crippen LogP contribution in [0.1, 0.15) is 19.4 Å². The Balaban J connectivity index is 1.93. The van der Waals surface area contributed by atoms with Gasteiger partial charge >= 0.3 is 6.09 Å². The Bertz CT molecular complexity index is 542. The second-order valence-electron chi connectivity index (χ2n) is 5.95. The zero-order valence-corrected chi connectivity index (χ0v) is 13.8. The standard InChI is InChI=1S/C18H24N2O3/c1-4-19(18(21)23-14-15(2)3)13-16-5-7-17(8-6-16)20-9-11-22-12-10-20/h1,5-8,15H,9-14H2,2-3H3. The van der Waals surface area contributed by atoms with E-state index in [-0.39, 0.29) is 5.92 Å². The number of carbonyl (C=O) groups excluding carboxylic acids is 1. The molecule has 1 amide bonds. The molecule has 0 unspecified atom stereocenters. The van der Waals surface area contributed by atoms with Gasteiger partial charge < -0.3 is 14.4 Å². The number of anilines is 1. The van der Waals surface area contributed by atoms with Gasteiger partial charge in [-0.3, -0.25) is 0 Å². The Labute approximate surface area is 138 Å². The highest BCUT2D eigenvalue weighted by atomic mass is 16.6. The molecule has 0 saturated carbocycles. The van der Waals surface area contributed by atoms with Crippen LogP contribution in [0.5, 0.6) is 0 Å². The summed E-state index contributed by atoms with van der Waals surface area (Å²) in [5.74, 6) is 0.284. The lowest BCUT2D eigenvalue weighted by molar-refractivity contribution is 0.106. The summed E-state index contributed by atoms with van der Waals surface area (Å²) in [6, 6.07) is 10.5. The van der Waals surface area contributed by atoms with Crippen molar-refractivity contribution >= 4 is 11.8 Å². The lowest BCUT2D eigenvalue weighted by atomic mass is 10.2. The Morgan fingerprint density at radius 1 is 1.35 bits per heavy atom. The number of carbonyl (C=O) groups is 1. The van der Waals surface area contributed by atoms with E-state index in [1.54, 1.807) is 0 Å². The summed E-state index contributed by atoms with van der Waals surface area (Å²) in [5, 5.41) is 0. The molecular formula is C18H24N2O3. The summed E-state index contributed by atoms with van der Waals surface area (Å²) in [6.07, 6.45) is 4.95. The van der Waals surface area contributed by atoms with Crippen LogP contribution in [0.2, 0.25) is 0 Å². The Hall–Kier alpha value is -2.19. The van der Waals surface area contributed by atoms with Gasteiger partial charge in [0.1, 0.15) is 0 Å². The molecular weight excluding hydrogens is 292 g/mol. The number of amides is 1. The molecule has 124 valence electrons. The summed E-state index contributed by atoms with van der Waals surface area (Å²) < 4.78 is 10.5. The first-order chi connectivity index (χ1) is 11.1. The monoisotopic (exact) mass is 316 g/mol. The van der Waals surface area contributed by atoms with Gasteiger partial charge in [0.15, 0.2) is 0 Å². The predicted molar refractivity (Wildman–Crippen MR) is 90.0 cm³/mol. The van der Waals surface area contributed by atoms with Crippen LogP contribution in [0, 0.1) is 18.4 Å². The van der Waals surface area contributed by atoms with Crippen molar-refractivity contribution in [2.45, 2.75) is 20.4 Å². The molecule has 0 N–H and O–H groups in total. The number of terminal acetylenes is 1. The van der Waals surface area contributed by atoms with E-state index in [2.05, 4.69) is 23.1 Å². The van der Waals surface area contributed by atoms with Crippen molar-refractivity contribution in [1.29, 1.82) is 0 Å². The SMILES string of the molecule is C#CN(Cc1ccc(N2CCOCC2)cc1)C(=O)OCC(C)C. The highest BCUT2D eigenvalue weighted by molar-refractivity contribution is 5.69. The number of benzene rings is 1. The largest absolute Gasteiger partial charge is 0.448 e. The van der Waals surface area contributed by atoms with Crippen LogP contribution in [0.3, 0.4) is 0 Å². The molecule has 23 heavy (non-hydrogen) atoms. The minimum absolute atomic E-state index is 0.284. The average molecular weight is 316 g/mol. The van der Waals surface area contributed by atoms with E-state index in [1.807, 2.05) is 26.0 Å². The molecule has 1 aliphatic rings. The van der Waals surface area contributed by atoms with Crippen LogP contribution < -0.4 is 4.90 Å².